The largest absolute Gasteiger partial charge is 0.309 e. The highest BCUT2D eigenvalue weighted by Crippen LogP contribution is 2.32. The molecule has 0 spiro atoms. The Morgan fingerprint density at radius 2 is 2.13 bits per heavy atom. The second kappa shape index (κ2) is 5.62. The van der Waals surface area contributed by atoms with Crippen molar-refractivity contribution in [2.24, 2.45) is 7.05 Å². The van der Waals surface area contributed by atoms with Crippen molar-refractivity contribution < 1.29 is 0 Å². The summed E-state index contributed by atoms with van der Waals surface area (Å²) in [6, 6.07) is 10.9. The molecule has 3 heterocycles. The van der Waals surface area contributed by atoms with Gasteiger partial charge in [-0.15, -0.1) is 0 Å². The fourth-order valence-corrected chi connectivity index (χ4v) is 3.41. The van der Waals surface area contributed by atoms with Gasteiger partial charge in [0.15, 0.2) is 5.65 Å². The van der Waals surface area contributed by atoms with Crippen molar-refractivity contribution in [3.05, 3.63) is 58.3 Å². The molecule has 1 N–H and O–H groups in total. The number of hydrogen-bond acceptors (Lipinski definition) is 4. The predicted octanol–water partition coefficient (Wildman–Crippen LogP) is 1.99. The van der Waals surface area contributed by atoms with Gasteiger partial charge in [-0.25, -0.2) is 4.98 Å². The highest BCUT2D eigenvalue weighted by molar-refractivity contribution is 5.72. The lowest BCUT2D eigenvalue weighted by Crippen LogP contribution is -2.25. The number of aromatic amines is 1. The van der Waals surface area contributed by atoms with Crippen molar-refractivity contribution in [2.45, 2.75) is 25.4 Å². The van der Waals surface area contributed by atoms with Gasteiger partial charge in [0.25, 0.3) is 5.56 Å². The van der Waals surface area contributed by atoms with Gasteiger partial charge < -0.3 is 4.98 Å². The molecule has 1 fully saturated rings. The van der Waals surface area contributed by atoms with Crippen molar-refractivity contribution in [3.63, 3.8) is 0 Å². The quantitative estimate of drug-likeness (QED) is 0.803. The van der Waals surface area contributed by atoms with E-state index in [4.69, 9.17) is 0 Å². The molecule has 6 nitrogen and oxygen atoms in total. The summed E-state index contributed by atoms with van der Waals surface area (Å²) in [6.45, 7) is 1.67. The first kappa shape index (κ1) is 14.1. The summed E-state index contributed by atoms with van der Waals surface area (Å²) in [5.74, 6) is 0.703. The number of fused-ring (bicyclic) bond motifs is 1. The van der Waals surface area contributed by atoms with Crippen LogP contribution in [0.5, 0.6) is 0 Å². The average molecular weight is 309 g/mol. The number of aryl methyl sites for hydroxylation is 1. The first-order valence-corrected chi connectivity index (χ1v) is 7.92. The zero-order valence-corrected chi connectivity index (χ0v) is 13.1. The van der Waals surface area contributed by atoms with Crippen LogP contribution in [-0.2, 0) is 13.6 Å². The first-order valence-electron chi connectivity index (χ1n) is 7.92. The van der Waals surface area contributed by atoms with E-state index in [1.54, 1.807) is 17.9 Å². The minimum absolute atomic E-state index is 0.117. The van der Waals surface area contributed by atoms with Gasteiger partial charge in [0, 0.05) is 13.1 Å². The van der Waals surface area contributed by atoms with E-state index >= 15 is 0 Å². The number of nitrogens with one attached hydrogen (secondary N) is 1. The average Bonchev–Trinajstić information content (AvgIpc) is 3.16. The lowest BCUT2D eigenvalue weighted by molar-refractivity contribution is 0.242. The van der Waals surface area contributed by atoms with Gasteiger partial charge in [-0.05, 0) is 24.9 Å². The smallest absolute Gasteiger partial charge is 0.262 e. The van der Waals surface area contributed by atoms with E-state index in [9.17, 15) is 4.79 Å². The number of rotatable bonds is 3. The van der Waals surface area contributed by atoms with Gasteiger partial charge >= 0.3 is 0 Å². The molecular weight excluding hydrogens is 290 g/mol. The second-order valence-electron chi connectivity index (χ2n) is 6.06. The summed E-state index contributed by atoms with van der Waals surface area (Å²) in [5.41, 5.74) is 1.85. The molecule has 0 saturated carbocycles. The molecule has 6 heteroatoms. The van der Waals surface area contributed by atoms with Crippen LogP contribution in [-0.4, -0.2) is 31.2 Å². The maximum absolute atomic E-state index is 12.2. The summed E-state index contributed by atoms with van der Waals surface area (Å²) in [6.07, 6.45) is 3.87. The van der Waals surface area contributed by atoms with Crippen molar-refractivity contribution >= 4 is 11.0 Å². The lowest BCUT2D eigenvalue weighted by Gasteiger charge is -2.24. The first-order chi connectivity index (χ1) is 11.2. The van der Waals surface area contributed by atoms with Crippen LogP contribution in [0, 0.1) is 0 Å². The Hall–Kier alpha value is -2.47. The third-order valence-electron chi connectivity index (χ3n) is 4.55. The van der Waals surface area contributed by atoms with Gasteiger partial charge in [-0.3, -0.25) is 14.4 Å². The van der Waals surface area contributed by atoms with Crippen molar-refractivity contribution in [2.75, 3.05) is 6.54 Å². The number of nitrogens with zero attached hydrogens (tertiary/aromatic N) is 4. The van der Waals surface area contributed by atoms with Crippen molar-refractivity contribution in [3.8, 4) is 0 Å². The summed E-state index contributed by atoms with van der Waals surface area (Å²) >= 11 is 0. The highest BCUT2D eigenvalue weighted by atomic mass is 16.1. The SMILES string of the molecule is Cn1ncc2c(=O)[nH]c(CN3CCCC3c3ccccc3)nc21. The molecule has 1 aliphatic heterocycles. The van der Waals surface area contributed by atoms with E-state index in [0.29, 0.717) is 29.4 Å². The van der Waals surface area contributed by atoms with Crippen LogP contribution >= 0.6 is 0 Å². The number of likely N-dealkylation sites (tertiary alicyclic amines) is 1. The van der Waals surface area contributed by atoms with E-state index in [2.05, 4.69) is 44.2 Å². The van der Waals surface area contributed by atoms with Crippen LogP contribution in [0.2, 0.25) is 0 Å². The number of benzene rings is 1. The molecule has 2 aromatic heterocycles. The van der Waals surface area contributed by atoms with Crippen LogP contribution in [0.1, 0.15) is 30.3 Å². The zero-order chi connectivity index (χ0) is 15.8. The second-order valence-corrected chi connectivity index (χ2v) is 6.06. The van der Waals surface area contributed by atoms with Crippen LogP contribution < -0.4 is 5.56 Å². The van der Waals surface area contributed by atoms with Crippen LogP contribution in [0.4, 0.5) is 0 Å². The molecule has 1 saturated heterocycles. The number of H-pyrrole nitrogens is 1. The van der Waals surface area contributed by atoms with Gasteiger partial charge in [0.2, 0.25) is 0 Å². The molecule has 0 amide bonds. The molecule has 118 valence electrons. The minimum Gasteiger partial charge on any atom is -0.309 e. The Morgan fingerprint density at radius 3 is 2.96 bits per heavy atom. The molecule has 0 aliphatic carbocycles. The van der Waals surface area contributed by atoms with Crippen LogP contribution in [0.15, 0.2) is 41.3 Å². The lowest BCUT2D eigenvalue weighted by atomic mass is 10.0. The van der Waals surface area contributed by atoms with E-state index in [0.717, 1.165) is 19.4 Å². The van der Waals surface area contributed by atoms with Crippen molar-refractivity contribution in [1.29, 1.82) is 0 Å². The van der Waals surface area contributed by atoms with Gasteiger partial charge in [0.1, 0.15) is 11.2 Å². The number of hydrogen-bond donors (Lipinski definition) is 1. The summed E-state index contributed by atoms with van der Waals surface area (Å²) in [7, 11) is 1.81. The molecule has 1 aliphatic rings. The van der Waals surface area contributed by atoms with Gasteiger partial charge in [-0.1, -0.05) is 30.3 Å². The van der Waals surface area contributed by atoms with Gasteiger partial charge in [0.05, 0.1) is 12.7 Å². The summed E-state index contributed by atoms with van der Waals surface area (Å²) < 4.78 is 1.65. The molecule has 4 rings (SSSR count). The minimum atomic E-state index is -0.117. The predicted molar refractivity (Wildman–Crippen MR) is 88.0 cm³/mol. The topological polar surface area (TPSA) is 66.8 Å². The van der Waals surface area contributed by atoms with Crippen LogP contribution in [0.25, 0.3) is 11.0 Å². The molecule has 1 aromatic carbocycles. The summed E-state index contributed by atoms with van der Waals surface area (Å²) in [4.78, 5) is 22.0. The maximum Gasteiger partial charge on any atom is 0.262 e. The maximum atomic E-state index is 12.2. The highest BCUT2D eigenvalue weighted by Gasteiger charge is 2.26. The normalized spacial score (nSPS) is 18.7. The Balaban J connectivity index is 1.65. The third-order valence-corrected chi connectivity index (χ3v) is 4.55. The van der Waals surface area contributed by atoms with Crippen LogP contribution in [0.3, 0.4) is 0 Å². The molecule has 23 heavy (non-hydrogen) atoms. The van der Waals surface area contributed by atoms with Gasteiger partial charge in [-0.2, -0.15) is 5.10 Å². The molecule has 3 aromatic rings. The molecule has 0 radical (unpaired) electrons. The standard InChI is InChI=1S/C17H19N5O/c1-21-16-13(10-18-21)17(23)20-15(19-16)11-22-9-5-8-14(22)12-6-3-2-4-7-12/h2-4,6-7,10,14H,5,8-9,11H2,1H3,(H,19,20,23). The zero-order valence-electron chi connectivity index (χ0n) is 13.1. The van der Waals surface area contributed by atoms with E-state index < -0.39 is 0 Å². The van der Waals surface area contributed by atoms with E-state index in [-0.39, 0.29) is 5.56 Å². The summed E-state index contributed by atoms with van der Waals surface area (Å²) in [5, 5.41) is 4.65. The molecule has 1 unspecified atom stereocenters. The Labute approximate surface area is 133 Å². The Bertz CT molecular complexity index is 883. The van der Waals surface area contributed by atoms with E-state index in [1.165, 1.54) is 5.56 Å². The fraction of sp³-hybridized carbons (Fsp3) is 0.353. The molecule has 1 atom stereocenters. The Kier molecular flexibility index (Phi) is 3.46. The fourth-order valence-electron chi connectivity index (χ4n) is 3.41. The number of aromatic nitrogens is 4. The van der Waals surface area contributed by atoms with E-state index in [1.807, 2.05) is 6.07 Å². The molecule has 0 bridgehead atoms. The molecular formula is C17H19N5O. The van der Waals surface area contributed by atoms with Crippen molar-refractivity contribution in [1.82, 2.24) is 24.6 Å². The monoisotopic (exact) mass is 309 g/mol. The Morgan fingerprint density at radius 1 is 1.30 bits per heavy atom. The third kappa shape index (κ3) is 2.55.